The van der Waals surface area contributed by atoms with Crippen LogP contribution in [0.15, 0.2) is 53.4 Å². The molecule has 1 N–H and O–H groups in total. The van der Waals surface area contributed by atoms with Crippen molar-refractivity contribution in [2.75, 3.05) is 25.0 Å². The van der Waals surface area contributed by atoms with Crippen molar-refractivity contribution in [3.8, 4) is 0 Å². The van der Waals surface area contributed by atoms with Gasteiger partial charge in [-0.3, -0.25) is 9.59 Å². The summed E-state index contributed by atoms with van der Waals surface area (Å²) in [6.07, 6.45) is 1.92. The minimum Gasteiger partial charge on any atom is -0.338 e. The fourth-order valence-corrected chi connectivity index (χ4v) is 5.82. The fourth-order valence-electron chi connectivity index (χ4n) is 4.35. The van der Waals surface area contributed by atoms with Gasteiger partial charge in [0.15, 0.2) is 0 Å². The average molecular weight is 442 g/mol. The van der Waals surface area contributed by atoms with Gasteiger partial charge in [0.1, 0.15) is 0 Å². The summed E-state index contributed by atoms with van der Waals surface area (Å²) in [7, 11) is -3.63. The number of benzene rings is 2. The molecule has 0 radical (unpaired) electrons. The monoisotopic (exact) mass is 441 g/mol. The summed E-state index contributed by atoms with van der Waals surface area (Å²) in [6, 6.07) is 14.4. The number of sulfonamides is 1. The first-order chi connectivity index (χ1) is 14.8. The number of amides is 2. The molecule has 2 aliphatic rings. The normalized spacial score (nSPS) is 17.8. The molecule has 164 valence electrons. The molecular weight excluding hydrogens is 414 g/mol. The number of carbonyl (C=O) groups is 2. The van der Waals surface area contributed by atoms with Crippen LogP contribution in [0.5, 0.6) is 0 Å². The highest BCUT2D eigenvalue weighted by Gasteiger charge is 2.34. The predicted octanol–water partition coefficient (Wildman–Crippen LogP) is 2.63. The van der Waals surface area contributed by atoms with Gasteiger partial charge in [0.2, 0.25) is 21.8 Å². The minimum atomic E-state index is -3.63. The number of nitrogens with zero attached hydrogens (tertiary/aromatic N) is 2. The van der Waals surface area contributed by atoms with Gasteiger partial charge in [0.25, 0.3) is 0 Å². The second-order valence-corrected chi connectivity index (χ2v) is 10.1. The van der Waals surface area contributed by atoms with Gasteiger partial charge in [-0.15, -0.1) is 0 Å². The zero-order valence-corrected chi connectivity index (χ0v) is 18.4. The second kappa shape index (κ2) is 8.80. The number of anilines is 1. The van der Waals surface area contributed by atoms with E-state index in [0.717, 1.165) is 13.0 Å². The summed E-state index contributed by atoms with van der Waals surface area (Å²) in [5.74, 6) is -0.218. The zero-order chi connectivity index (χ0) is 22.0. The van der Waals surface area contributed by atoms with Gasteiger partial charge in [-0.2, -0.15) is 4.31 Å². The van der Waals surface area contributed by atoms with Crippen LogP contribution in [-0.4, -0.2) is 49.1 Å². The molecule has 2 aliphatic heterocycles. The molecule has 7 nitrogen and oxygen atoms in total. The van der Waals surface area contributed by atoms with Crippen LogP contribution >= 0.6 is 0 Å². The van der Waals surface area contributed by atoms with Crippen molar-refractivity contribution in [3.05, 3.63) is 59.7 Å². The van der Waals surface area contributed by atoms with Crippen LogP contribution < -0.4 is 5.32 Å². The van der Waals surface area contributed by atoms with Crippen LogP contribution in [-0.2, 0) is 32.6 Å². The van der Waals surface area contributed by atoms with E-state index in [1.54, 1.807) is 12.1 Å². The van der Waals surface area contributed by atoms with Gasteiger partial charge in [-0.25, -0.2) is 8.42 Å². The van der Waals surface area contributed by atoms with Gasteiger partial charge in [0, 0.05) is 44.7 Å². The van der Waals surface area contributed by atoms with Crippen molar-refractivity contribution in [1.82, 2.24) is 9.21 Å². The third-order valence-corrected chi connectivity index (χ3v) is 7.97. The first kappa shape index (κ1) is 21.5. The molecule has 4 rings (SSSR count). The third-order valence-electron chi connectivity index (χ3n) is 6.06. The van der Waals surface area contributed by atoms with E-state index in [1.807, 2.05) is 17.0 Å². The number of nitrogens with one attached hydrogen (secondary N) is 1. The molecule has 2 heterocycles. The Morgan fingerprint density at radius 3 is 2.23 bits per heavy atom. The molecule has 1 saturated heterocycles. The van der Waals surface area contributed by atoms with E-state index in [4.69, 9.17) is 0 Å². The summed E-state index contributed by atoms with van der Waals surface area (Å²) in [5.41, 5.74) is 3.06. The Kier molecular flexibility index (Phi) is 6.11. The Morgan fingerprint density at radius 1 is 0.935 bits per heavy atom. The third kappa shape index (κ3) is 4.65. The molecule has 0 spiro atoms. The highest BCUT2D eigenvalue weighted by atomic mass is 32.2. The number of rotatable bonds is 4. The van der Waals surface area contributed by atoms with Crippen LogP contribution in [0.1, 0.15) is 30.9 Å². The lowest BCUT2D eigenvalue weighted by atomic mass is 9.94. The van der Waals surface area contributed by atoms with Gasteiger partial charge in [0.05, 0.1) is 4.90 Å². The predicted molar refractivity (Wildman–Crippen MR) is 118 cm³/mol. The maximum absolute atomic E-state index is 13.0. The lowest BCUT2D eigenvalue weighted by molar-refractivity contribution is -0.137. The standard InChI is InChI=1S/C23H27N3O4S/c1-17(27)24-21-6-8-22(9-7-21)31(29,30)26-14-11-19(12-15-26)23(28)25-13-10-18-4-2-3-5-20(18)16-25/h2-9,19H,10-16H2,1H3,(H,24,27). The zero-order valence-electron chi connectivity index (χ0n) is 17.6. The molecule has 0 unspecified atom stereocenters. The van der Waals surface area contributed by atoms with Crippen molar-refractivity contribution >= 4 is 27.5 Å². The topological polar surface area (TPSA) is 86.8 Å². The average Bonchev–Trinajstić information content (AvgIpc) is 2.78. The fraction of sp³-hybridized carbons (Fsp3) is 0.391. The first-order valence-electron chi connectivity index (χ1n) is 10.6. The number of piperidine rings is 1. The Morgan fingerprint density at radius 2 is 1.58 bits per heavy atom. The smallest absolute Gasteiger partial charge is 0.243 e. The second-order valence-electron chi connectivity index (χ2n) is 8.16. The maximum Gasteiger partial charge on any atom is 0.243 e. The maximum atomic E-state index is 13.0. The van der Waals surface area contributed by atoms with E-state index in [2.05, 4.69) is 17.4 Å². The van der Waals surface area contributed by atoms with E-state index in [0.29, 0.717) is 38.2 Å². The van der Waals surface area contributed by atoms with Crippen LogP contribution in [0.2, 0.25) is 0 Å². The first-order valence-corrected chi connectivity index (χ1v) is 12.0. The molecule has 31 heavy (non-hydrogen) atoms. The molecule has 0 aliphatic carbocycles. The van der Waals surface area contributed by atoms with Gasteiger partial charge in [-0.1, -0.05) is 24.3 Å². The van der Waals surface area contributed by atoms with Crippen molar-refractivity contribution in [2.24, 2.45) is 5.92 Å². The van der Waals surface area contributed by atoms with Gasteiger partial charge >= 0.3 is 0 Å². The summed E-state index contributed by atoms with van der Waals surface area (Å²) in [5, 5.41) is 2.63. The quantitative estimate of drug-likeness (QED) is 0.790. The highest BCUT2D eigenvalue weighted by molar-refractivity contribution is 7.89. The lowest BCUT2D eigenvalue weighted by Crippen LogP contribution is -2.45. The van der Waals surface area contributed by atoms with Gasteiger partial charge < -0.3 is 10.2 Å². The Balaban J connectivity index is 1.37. The Hall–Kier alpha value is -2.71. The minimum absolute atomic E-state index is 0.131. The number of fused-ring (bicyclic) bond motifs is 1. The van der Waals surface area contributed by atoms with Crippen LogP contribution in [0, 0.1) is 5.92 Å². The highest BCUT2D eigenvalue weighted by Crippen LogP contribution is 2.28. The van der Waals surface area contributed by atoms with Crippen molar-refractivity contribution in [2.45, 2.75) is 37.6 Å². The van der Waals surface area contributed by atoms with Crippen molar-refractivity contribution < 1.29 is 18.0 Å². The number of carbonyl (C=O) groups excluding carboxylic acids is 2. The van der Waals surface area contributed by atoms with E-state index >= 15 is 0 Å². The van der Waals surface area contributed by atoms with Gasteiger partial charge in [-0.05, 0) is 54.7 Å². The number of hydrogen-bond donors (Lipinski definition) is 1. The number of hydrogen-bond acceptors (Lipinski definition) is 4. The van der Waals surface area contributed by atoms with E-state index in [-0.39, 0.29) is 22.6 Å². The van der Waals surface area contributed by atoms with Crippen LogP contribution in [0.4, 0.5) is 5.69 Å². The largest absolute Gasteiger partial charge is 0.338 e. The van der Waals surface area contributed by atoms with E-state index in [1.165, 1.54) is 34.5 Å². The molecule has 0 bridgehead atoms. The summed E-state index contributed by atoms with van der Waals surface area (Å²) in [6.45, 7) is 3.41. The molecule has 0 atom stereocenters. The lowest BCUT2D eigenvalue weighted by Gasteiger charge is -2.35. The molecule has 2 aromatic carbocycles. The molecule has 0 saturated carbocycles. The Bertz CT molecular complexity index is 1070. The molecule has 2 aromatic rings. The summed E-state index contributed by atoms with van der Waals surface area (Å²) < 4.78 is 27.4. The molecule has 1 fully saturated rings. The summed E-state index contributed by atoms with van der Waals surface area (Å²) in [4.78, 5) is 26.3. The molecule has 0 aromatic heterocycles. The van der Waals surface area contributed by atoms with Crippen molar-refractivity contribution in [3.63, 3.8) is 0 Å². The molecule has 2 amide bonds. The molecular formula is C23H27N3O4S. The van der Waals surface area contributed by atoms with Crippen molar-refractivity contribution in [1.29, 1.82) is 0 Å². The van der Waals surface area contributed by atoms with Crippen LogP contribution in [0.25, 0.3) is 0 Å². The molecule has 8 heteroatoms. The van der Waals surface area contributed by atoms with E-state index in [9.17, 15) is 18.0 Å². The van der Waals surface area contributed by atoms with Crippen LogP contribution in [0.3, 0.4) is 0 Å². The Labute approximate surface area is 183 Å². The van der Waals surface area contributed by atoms with E-state index < -0.39 is 10.0 Å². The SMILES string of the molecule is CC(=O)Nc1ccc(S(=O)(=O)N2CCC(C(=O)N3CCc4ccccc4C3)CC2)cc1. The summed E-state index contributed by atoms with van der Waals surface area (Å²) >= 11 is 0.